The Balaban J connectivity index is 0.000000246. The van der Waals surface area contributed by atoms with Gasteiger partial charge in [-0.15, -0.1) is 22.7 Å². The van der Waals surface area contributed by atoms with Gasteiger partial charge in [-0.05, 0) is 155 Å². The second-order valence-electron chi connectivity index (χ2n) is 26.1. The van der Waals surface area contributed by atoms with E-state index >= 15 is 0 Å². The van der Waals surface area contributed by atoms with Gasteiger partial charge in [-0.1, -0.05) is 255 Å². The zero-order valence-corrected chi connectivity index (χ0v) is 57.0. The summed E-state index contributed by atoms with van der Waals surface area (Å²) >= 11 is 3.74. The van der Waals surface area contributed by atoms with Crippen LogP contribution < -0.4 is 11.5 Å². The number of furan rings is 2. The fourth-order valence-corrected chi connectivity index (χ4v) is 11.7. The predicted octanol–water partition coefficient (Wildman–Crippen LogP) is 25.7. The number of rotatable bonds is 9. The van der Waals surface area contributed by atoms with Crippen LogP contribution in [0.5, 0.6) is 0 Å². The standard InChI is InChI=1S/C11H12O.C11H12S.2C9H13N.C9H18.C8H16.C7H10O.C7H10S.C6H12/c2*1-8(2)11-7-9-5-3-4-6-10(9)12-11;1-7(2)8-3-5-9(10)6-4-8;1-7(2)8-5-3-4-6-9(8)10;1-8(2)9-6-4-3-5-7-9;1-7(2)8-5-3-4-6-8;2*1-6(2)7-4-3-5-8-7;1-5(2)6-3-4-6/h2*3-8H,1-2H3;2*3-7H,10H2,1-2H3;8-9H,3-7H2,1-2H3;7-8H,3-6H2,1-2H3;2*3-6H,1-2H3;5-6H,3-4H2,1-2H3. The molecule has 0 radical (unpaired) electrons. The largest absolute Gasteiger partial charge is 0.469 e. The number of nitrogen functional groups attached to an aromatic ring is 2. The Bertz CT molecular complexity index is 2620. The van der Waals surface area contributed by atoms with Crippen molar-refractivity contribution in [3.63, 3.8) is 0 Å². The second kappa shape index (κ2) is 39.6. The first-order valence-corrected chi connectivity index (χ1v) is 33.9. The highest BCUT2D eigenvalue weighted by Crippen LogP contribution is 2.36. The fraction of sp³-hybridized carbons (Fsp3) is 0.532. The second-order valence-corrected chi connectivity index (χ2v) is 28.2. The predicted molar refractivity (Wildman–Crippen MR) is 373 cm³/mol. The Morgan fingerprint density at radius 1 is 0.410 bits per heavy atom. The van der Waals surface area contributed by atoms with Gasteiger partial charge in [-0.3, -0.25) is 0 Å². The molecule has 3 fully saturated rings. The van der Waals surface area contributed by atoms with Crippen LogP contribution >= 0.6 is 22.7 Å². The van der Waals surface area contributed by atoms with Crippen molar-refractivity contribution < 1.29 is 8.83 Å². The summed E-state index contributed by atoms with van der Waals surface area (Å²) in [6.45, 7) is 40.0. The van der Waals surface area contributed by atoms with E-state index in [0.717, 1.165) is 64.0 Å². The monoisotopic (exact) mass is 1160 g/mol. The van der Waals surface area contributed by atoms with Crippen molar-refractivity contribution in [2.24, 2.45) is 35.5 Å². The number of fused-ring (bicyclic) bond motifs is 2. The number of anilines is 2. The molecule has 0 saturated heterocycles. The molecule has 0 amide bonds. The van der Waals surface area contributed by atoms with E-state index in [0.29, 0.717) is 35.5 Å². The molecule has 0 bridgehead atoms. The molecule has 83 heavy (non-hydrogen) atoms. The van der Waals surface area contributed by atoms with E-state index in [1.54, 1.807) is 6.26 Å². The summed E-state index contributed by atoms with van der Waals surface area (Å²) in [6.07, 6.45) is 18.1. The van der Waals surface area contributed by atoms with Crippen molar-refractivity contribution in [1.82, 2.24) is 0 Å². The van der Waals surface area contributed by atoms with Gasteiger partial charge < -0.3 is 20.3 Å². The van der Waals surface area contributed by atoms with Crippen molar-refractivity contribution in [1.29, 1.82) is 0 Å². The van der Waals surface area contributed by atoms with E-state index < -0.39 is 0 Å². The van der Waals surface area contributed by atoms with Crippen molar-refractivity contribution in [2.45, 2.75) is 231 Å². The number of para-hydroxylation sites is 2. The van der Waals surface area contributed by atoms with E-state index in [2.05, 4.69) is 203 Å². The molecule has 3 saturated carbocycles. The number of benzene rings is 4. The molecular formula is C77H116N2O2S2. The Morgan fingerprint density at radius 3 is 1.29 bits per heavy atom. The average molecular weight is 1170 g/mol. The smallest absolute Gasteiger partial charge is 0.134 e. The minimum Gasteiger partial charge on any atom is -0.469 e. The average Bonchev–Trinajstić information content (AvgIpc) is 4.26. The van der Waals surface area contributed by atoms with Crippen molar-refractivity contribution in [3.8, 4) is 0 Å². The molecule has 0 aliphatic heterocycles. The van der Waals surface area contributed by atoms with E-state index in [1.165, 1.54) is 107 Å². The topological polar surface area (TPSA) is 78.3 Å². The van der Waals surface area contributed by atoms with Crippen molar-refractivity contribution in [2.75, 3.05) is 11.5 Å². The van der Waals surface area contributed by atoms with Gasteiger partial charge in [0, 0.05) is 43.1 Å². The van der Waals surface area contributed by atoms with Crippen molar-refractivity contribution >= 4 is 55.1 Å². The Labute approximate surface area is 516 Å². The van der Waals surface area contributed by atoms with Gasteiger partial charge >= 0.3 is 0 Å². The maximum atomic E-state index is 5.72. The number of hydrogen-bond donors (Lipinski definition) is 2. The minimum atomic E-state index is 0.470. The first-order valence-electron chi connectivity index (χ1n) is 32.2. The summed E-state index contributed by atoms with van der Waals surface area (Å²) in [6, 6.07) is 45.3. The maximum absolute atomic E-state index is 5.72. The van der Waals surface area contributed by atoms with Crippen LogP contribution in [0.3, 0.4) is 0 Å². The lowest BCUT2D eigenvalue weighted by molar-refractivity contribution is 0.279. The third-order valence-electron chi connectivity index (χ3n) is 16.0. The van der Waals surface area contributed by atoms with Gasteiger partial charge in [0.25, 0.3) is 0 Å². The van der Waals surface area contributed by atoms with Gasteiger partial charge in [0.1, 0.15) is 17.1 Å². The van der Waals surface area contributed by atoms with Crippen LogP contribution in [-0.4, -0.2) is 0 Å². The molecule has 4 N–H and O–H groups in total. The number of hydrogen-bond acceptors (Lipinski definition) is 6. The molecule has 8 aromatic rings. The molecule has 0 spiro atoms. The van der Waals surface area contributed by atoms with Crippen LogP contribution in [0, 0.1) is 35.5 Å². The van der Waals surface area contributed by atoms with Gasteiger partial charge in [0.15, 0.2) is 0 Å². The van der Waals surface area contributed by atoms with Crippen LogP contribution in [0.1, 0.15) is 263 Å². The molecule has 0 unspecified atom stereocenters. The maximum Gasteiger partial charge on any atom is 0.134 e. The summed E-state index contributed by atoms with van der Waals surface area (Å²) in [5.74, 6) is 11.7. The van der Waals surface area contributed by atoms with Crippen LogP contribution in [-0.2, 0) is 0 Å². The number of nitrogens with two attached hydrogens (primary N) is 2. The molecule has 6 heteroatoms. The van der Waals surface area contributed by atoms with E-state index in [-0.39, 0.29) is 0 Å². The highest BCUT2D eigenvalue weighted by atomic mass is 32.1. The Kier molecular flexibility index (Phi) is 34.4. The van der Waals surface area contributed by atoms with Crippen LogP contribution in [0.2, 0.25) is 0 Å². The van der Waals surface area contributed by atoms with Crippen LogP contribution in [0.4, 0.5) is 11.4 Å². The summed E-state index contributed by atoms with van der Waals surface area (Å²) < 4.78 is 12.1. The quantitative estimate of drug-likeness (QED) is 0.141. The first kappa shape index (κ1) is 72.2. The summed E-state index contributed by atoms with van der Waals surface area (Å²) in [4.78, 5) is 2.96. The molecule has 4 aromatic heterocycles. The molecule has 458 valence electrons. The molecule has 4 nitrogen and oxygen atoms in total. The molecule has 4 heterocycles. The lowest BCUT2D eigenvalue weighted by atomic mass is 9.82. The normalized spacial score (nSPS) is 14.1. The Hall–Kier alpha value is -5.04. The fourth-order valence-electron chi connectivity index (χ4n) is 9.92. The zero-order chi connectivity index (χ0) is 61.4. The van der Waals surface area contributed by atoms with Crippen LogP contribution in [0.15, 0.2) is 154 Å². The van der Waals surface area contributed by atoms with Gasteiger partial charge in [-0.25, -0.2) is 0 Å². The first-order chi connectivity index (χ1) is 39.5. The molecule has 4 aromatic carbocycles. The van der Waals surface area contributed by atoms with Gasteiger partial charge in [-0.2, -0.15) is 0 Å². The number of thiophene rings is 2. The SMILES string of the molecule is CC(C)C1CC1.CC(C)C1CCCC1.CC(C)C1CCCCC1.CC(C)c1cc2ccccc2o1.CC(C)c1cc2ccccc2s1.CC(C)c1ccc(N)cc1.CC(C)c1ccccc1N.CC(C)c1ccco1.CC(C)c1cccs1. The third kappa shape index (κ3) is 29.1. The van der Waals surface area contributed by atoms with E-state index in [1.807, 2.05) is 83.3 Å². The third-order valence-corrected chi connectivity index (χ3v) is 18.6. The summed E-state index contributed by atoms with van der Waals surface area (Å²) in [5.41, 5.74) is 16.6. The molecule has 11 rings (SSSR count). The highest BCUT2D eigenvalue weighted by molar-refractivity contribution is 7.19. The lowest BCUT2D eigenvalue weighted by Gasteiger charge is -2.24. The van der Waals surface area contributed by atoms with Gasteiger partial charge in [0.05, 0.1) is 6.26 Å². The van der Waals surface area contributed by atoms with E-state index in [9.17, 15) is 0 Å². The lowest BCUT2D eigenvalue weighted by Crippen LogP contribution is -2.12. The molecular weight excluding hydrogens is 1050 g/mol. The van der Waals surface area contributed by atoms with E-state index in [4.69, 9.17) is 20.3 Å². The minimum absolute atomic E-state index is 0.470. The van der Waals surface area contributed by atoms with Gasteiger partial charge in [0.2, 0.25) is 0 Å². The van der Waals surface area contributed by atoms with Crippen LogP contribution in [0.25, 0.3) is 21.1 Å². The summed E-state index contributed by atoms with van der Waals surface area (Å²) in [5, 5.41) is 4.70. The highest BCUT2D eigenvalue weighted by Gasteiger charge is 2.24. The zero-order valence-electron chi connectivity index (χ0n) is 55.4. The molecule has 3 aliphatic rings. The van der Waals surface area contributed by atoms with Crippen molar-refractivity contribution in [3.05, 3.63) is 178 Å². The molecule has 3 aliphatic carbocycles. The molecule has 0 atom stereocenters. The Morgan fingerprint density at radius 2 is 0.916 bits per heavy atom. The summed E-state index contributed by atoms with van der Waals surface area (Å²) in [7, 11) is 0.